The van der Waals surface area contributed by atoms with Crippen LogP contribution in [0.25, 0.3) is 10.9 Å². The van der Waals surface area contributed by atoms with Crippen molar-refractivity contribution in [2.24, 2.45) is 5.92 Å². The molecule has 2 aliphatic rings. The van der Waals surface area contributed by atoms with Crippen LogP contribution in [0.4, 0.5) is 10.5 Å². The normalized spacial score (nSPS) is 18.4. The van der Waals surface area contributed by atoms with E-state index in [-0.39, 0.29) is 6.09 Å². The molecule has 0 aliphatic carbocycles. The van der Waals surface area contributed by atoms with Crippen molar-refractivity contribution in [2.75, 3.05) is 57.8 Å². The average Bonchev–Trinajstić information content (AvgIpc) is 2.93. The summed E-state index contributed by atoms with van der Waals surface area (Å²) in [4.78, 5) is 23.7. The molecule has 2 aromatic rings. The van der Waals surface area contributed by atoms with E-state index in [9.17, 15) is 4.79 Å². The Morgan fingerprint density at radius 1 is 1.19 bits per heavy atom. The highest BCUT2D eigenvalue weighted by molar-refractivity contribution is 5.95. The Bertz CT molecular complexity index is 966. The molecule has 0 saturated carbocycles. The van der Waals surface area contributed by atoms with Gasteiger partial charge in [0.2, 0.25) is 0 Å². The number of hydrogen-bond donors (Lipinski definition) is 0. The van der Waals surface area contributed by atoms with Crippen molar-refractivity contribution in [2.45, 2.75) is 39.7 Å². The molecule has 0 bridgehead atoms. The van der Waals surface area contributed by atoms with Gasteiger partial charge in [-0.1, -0.05) is 6.07 Å². The first-order valence-electron chi connectivity index (χ1n) is 11.6. The van der Waals surface area contributed by atoms with E-state index in [0.717, 1.165) is 80.1 Å². The summed E-state index contributed by atoms with van der Waals surface area (Å²) in [6.07, 6.45) is 2.76. The van der Waals surface area contributed by atoms with E-state index in [1.54, 1.807) is 7.11 Å². The Hall–Kier alpha value is -2.54. The standard InChI is InChI=1S/C25H36N4O3/c1-18-14-20-8-6-9-26-21(20)22(23(18)31-5)28-11-7-10-27(12-13-28)15-19-16-29(17-19)24(30)32-25(2,3)4/h6,8-9,14,19H,7,10-13,15-17H2,1-5H3. The van der Waals surface area contributed by atoms with Crippen molar-refractivity contribution in [3.8, 4) is 5.75 Å². The first-order chi connectivity index (χ1) is 15.2. The third-order valence-corrected chi connectivity index (χ3v) is 6.24. The molecule has 2 fully saturated rings. The van der Waals surface area contributed by atoms with Crippen molar-refractivity contribution in [3.05, 3.63) is 30.0 Å². The molecule has 2 aliphatic heterocycles. The molecular formula is C25H36N4O3. The number of fused-ring (bicyclic) bond motifs is 1. The van der Waals surface area contributed by atoms with Crippen molar-refractivity contribution < 1.29 is 14.3 Å². The predicted octanol–water partition coefficient (Wildman–Crippen LogP) is 3.93. The molecule has 7 heteroatoms. The SMILES string of the molecule is COc1c(C)cc2cccnc2c1N1CCCN(CC2CN(C(=O)OC(C)(C)C)C2)CC1. The first-order valence-corrected chi connectivity index (χ1v) is 11.6. The molecule has 1 amide bonds. The van der Waals surface area contributed by atoms with E-state index < -0.39 is 5.60 Å². The van der Waals surface area contributed by atoms with Crippen LogP contribution in [0.1, 0.15) is 32.8 Å². The highest BCUT2D eigenvalue weighted by Crippen LogP contribution is 2.38. The maximum Gasteiger partial charge on any atom is 0.410 e. The number of nitrogens with zero attached hydrogens (tertiary/aromatic N) is 4. The fourth-order valence-electron chi connectivity index (χ4n) is 4.78. The lowest BCUT2D eigenvalue weighted by Gasteiger charge is -2.41. The van der Waals surface area contributed by atoms with E-state index in [1.807, 2.05) is 37.9 Å². The molecule has 7 nitrogen and oxygen atoms in total. The Morgan fingerprint density at radius 2 is 1.97 bits per heavy atom. The largest absolute Gasteiger partial charge is 0.494 e. The Balaban J connectivity index is 1.38. The van der Waals surface area contributed by atoms with Crippen LogP contribution in [0.2, 0.25) is 0 Å². The number of likely N-dealkylation sites (tertiary alicyclic amines) is 1. The van der Waals surface area contributed by atoms with Crippen molar-refractivity contribution >= 4 is 22.7 Å². The predicted molar refractivity (Wildman–Crippen MR) is 128 cm³/mol. The van der Waals surface area contributed by atoms with E-state index in [0.29, 0.717) is 5.92 Å². The molecule has 0 atom stereocenters. The molecule has 0 spiro atoms. The summed E-state index contributed by atoms with van der Waals surface area (Å²) in [6.45, 7) is 14.4. The van der Waals surface area contributed by atoms with Crippen LogP contribution in [-0.4, -0.2) is 79.4 Å². The zero-order chi connectivity index (χ0) is 22.9. The number of aryl methyl sites for hydroxylation is 1. The molecule has 3 heterocycles. The van der Waals surface area contributed by atoms with Crippen LogP contribution >= 0.6 is 0 Å². The van der Waals surface area contributed by atoms with Gasteiger partial charge in [-0.05, 0) is 58.4 Å². The first kappa shape index (κ1) is 22.6. The van der Waals surface area contributed by atoms with Gasteiger partial charge < -0.3 is 24.2 Å². The summed E-state index contributed by atoms with van der Waals surface area (Å²) in [5, 5.41) is 1.15. The Kier molecular flexibility index (Phi) is 6.47. The molecular weight excluding hydrogens is 404 g/mol. The molecule has 0 unspecified atom stereocenters. The zero-order valence-corrected chi connectivity index (χ0v) is 20.1. The third-order valence-electron chi connectivity index (χ3n) is 6.24. The third kappa shape index (κ3) is 4.93. The van der Waals surface area contributed by atoms with Gasteiger partial charge in [-0.25, -0.2) is 4.79 Å². The average molecular weight is 441 g/mol. The van der Waals surface area contributed by atoms with Gasteiger partial charge in [-0.3, -0.25) is 4.98 Å². The summed E-state index contributed by atoms with van der Waals surface area (Å²) >= 11 is 0. The number of aromatic nitrogens is 1. The number of pyridine rings is 1. The minimum Gasteiger partial charge on any atom is -0.494 e. The van der Waals surface area contributed by atoms with Gasteiger partial charge in [0.25, 0.3) is 0 Å². The monoisotopic (exact) mass is 440 g/mol. The smallest absolute Gasteiger partial charge is 0.410 e. The summed E-state index contributed by atoms with van der Waals surface area (Å²) in [7, 11) is 1.75. The quantitative estimate of drug-likeness (QED) is 0.718. The summed E-state index contributed by atoms with van der Waals surface area (Å²) in [6, 6.07) is 6.26. The van der Waals surface area contributed by atoms with E-state index >= 15 is 0 Å². The van der Waals surface area contributed by atoms with Gasteiger partial charge >= 0.3 is 6.09 Å². The highest BCUT2D eigenvalue weighted by atomic mass is 16.6. The maximum absolute atomic E-state index is 12.2. The summed E-state index contributed by atoms with van der Waals surface area (Å²) in [5.41, 5.74) is 2.83. The van der Waals surface area contributed by atoms with E-state index in [4.69, 9.17) is 14.5 Å². The molecule has 1 aromatic carbocycles. The summed E-state index contributed by atoms with van der Waals surface area (Å²) in [5.74, 6) is 1.45. The molecule has 2 saturated heterocycles. The Labute approximate surface area is 191 Å². The van der Waals surface area contributed by atoms with Crippen molar-refractivity contribution in [1.29, 1.82) is 0 Å². The molecule has 174 valence electrons. The number of amides is 1. The molecule has 1 aromatic heterocycles. The number of anilines is 1. The van der Waals surface area contributed by atoms with Gasteiger partial charge in [0.15, 0.2) is 0 Å². The number of hydrogen-bond acceptors (Lipinski definition) is 6. The number of benzene rings is 1. The highest BCUT2D eigenvalue weighted by Gasteiger charge is 2.35. The second-order valence-electron chi connectivity index (χ2n) is 10.0. The van der Waals surface area contributed by atoms with Gasteiger partial charge in [0, 0.05) is 56.8 Å². The minimum absolute atomic E-state index is 0.193. The topological polar surface area (TPSA) is 58.1 Å². The van der Waals surface area contributed by atoms with Gasteiger partial charge in [-0.15, -0.1) is 0 Å². The van der Waals surface area contributed by atoms with Gasteiger partial charge in [0.1, 0.15) is 17.0 Å². The van der Waals surface area contributed by atoms with Crippen molar-refractivity contribution in [1.82, 2.24) is 14.8 Å². The van der Waals surface area contributed by atoms with Crippen LogP contribution in [0.5, 0.6) is 5.75 Å². The van der Waals surface area contributed by atoms with E-state index in [2.05, 4.69) is 28.9 Å². The number of carbonyl (C=O) groups excluding carboxylic acids is 1. The lowest BCUT2D eigenvalue weighted by atomic mass is 10.00. The molecule has 0 N–H and O–H groups in total. The fraction of sp³-hybridized carbons (Fsp3) is 0.600. The summed E-state index contributed by atoms with van der Waals surface area (Å²) < 4.78 is 11.3. The molecule has 4 rings (SSSR count). The zero-order valence-electron chi connectivity index (χ0n) is 20.1. The molecule has 32 heavy (non-hydrogen) atoms. The van der Waals surface area contributed by atoms with E-state index in [1.165, 1.54) is 0 Å². The molecule has 0 radical (unpaired) electrons. The lowest BCUT2D eigenvalue weighted by molar-refractivity contribution is -0.00602. The van der Waals surface area contributed by atoms with Crippen LogP contribution < -0.4 is 9.64 Å². The van der Waals surface area contributed by atoms with Crippen LogP contribution in [-0.2, 0) is 4.74 Å². The van der Waals surface area contributed by atoms with Crippen LogP contribution in [0.15, 0.2) is 24.4 Å². The number of methoxy groups -OCH3 is 1. The van der Waals surface area contributed by atoms with Crippen molar-refractivity contribution in [3.63, 3.8) is 0 Å². The second kappa shape index (κ2) is 9.14. The fourth-order valence-corrected chi connectivity index (χ4v) is 4.78. The van der Waals surface area contributed by atoms with Gasteiger partial charge in [-0.2, -0.15) is 0 Å². The lowest BCUT2D eigenvalue weighted by Crippen LogP contribution is -2.55. The number of ether oxygens (including phenoxy) is 2. The number of rotatable bonds is 4. The Morgan fingerprint density at radius 3 is 2.69 bits per heavy atom. The van der Waals surface area contributed by atoms with Crippen LogP contribution in [0.3, 0.4) is 0 Å². The maximum atomic E-state index is 12.2. The van der Waals surface area contributed by atoms with Crippen LogP contribution in [0, 0.1) is 12.8 Å². The minimum atomic E-state index is -0.438. The number of carbonyl (C=O) groups is 1. The second-order valence-corrected chi connectivity index (χ2v) is 10.0. The van der Waals surface area contributed by atoms with Gasteiger partial charge in [0.05, 0.1) is 12.6 Å².